The van der Waals surface area contributed by atoms with Gasteiger partial charge >= 0.3 is 5.97 Å². The number of carbonyl (C=O) groups excluding carboxylic acids is 1. The predicted molar refractivity (Wildman–Crippen MR) is 68.9 cm³/mol. The molecular formula is C13H19N3O3. The molecule has 2 heterocycles. The SMILES string of the molecule is CCCC(C)C(=O)N1CC(c2cc(C(=O)O)n[nH]2)C1. The van der Waals surface area contributed by atoms with Crippen molar-refractivity contribution < 1.29 is 14.7 Å². The molecule has 0 radical (unpaired) electrons. The van der Waals surface area contributed by atoms with Crippen LogP contribution in [-0.2, 0) is 4.79 Å². The number of aromatic amines is 1. The Morgan fingerprint density at radius 2 is 2.26 bits per heavy atom. The molecule has 6 nitrogen and oxygen atoms in total. The van der Waals surface area contributed by atoms with Gasteiger partial charge in [-0.3, -0.25) is 9.89 Å². The van der Waals surface area contributed by atoms with E-state index in [2.05, 4.69) is 17.1 Å². The van der Waals surface area contributed by atoms with Crippen molar-refractivity contribution in [1.82, 2.24) is 15.1 Å². The van der Waals surface area contributed by atoms with E-state index in [0.29, 0.717) is 13.1 Å². The maximum Gasteiger partial charge on any atom is 0.356 e. The van der Waals surface area contributed by atoms with Crippen LogP contribution in [0.5, 0.6) is 0 Å². The van der Waals surface area contributed by atoms with E-state index >= 15 is 0 Å². The van der Waals surface area contributed by atoms with Crippen molar-refractivity contribution in [3.8, 4) is 0 Å². The van der Waals surface area contributed by atoms with Crippen molar-refractivity contribution in [2.24, 2.45) is 5.92 Å². The Morgan fingerprint density at radius 3 is 2.79 bits per heavy atom. The van der Waals surface area contributed by atoms with E-state index in [-0.39, 0.29) is 23.4 Å². The normalized spacial score (nSPS) is 17.1. The van der Waals surface area contributed by atoms with Crippen LogP contribution in [0.1, 0.15) is 48.8 Å². The maximum atomic E-state index is 12.0. The third-order valence-corrected chi connectivity index (χ3v) is 3.59. The van der Waals surface area contributed by atoms with Crippen LogP contribution < -0.4 is 0 Å². The highest BCUT2D eigenvalue weighted by Crippen LogP contribution is 2.28. The molecule has 1 aliphatic rings. The Labute approximate surface area is 111 Å². The molecule has 0 bridgehead atoms. The average Bonchev–Trinajstić information content (AvgIpc) is 2.76. The molecule has 0 saturated carbocycles. The molecule has 1 unspecified atom stereocenters. The Bertz CT molecular complexity index is 477. The largest absolute Gasteiger partial charge is 0.476 e. The fourth-order valence-corrected chi connectivity index (χ4v) is 2.38. The molecule has 6 heteroatoms. The number of likely N-dealkylation sites (tertiary alicyclic amines) is 1. The van der Waals surface area contributed by atoms with E-state index in [1.54, 1.807) is 6.07 Å². The molecule has 104 valence electrons. The van der Waals surface area contributed by atoms with Gasteiger partial charge in [0.25, 0.3) is 0 Å². The zero-order valence-electron chi connectivity index (χ0n) is 11.2. The number of hydrogen-bond acceptors (Lipinski definition) is 3. The minimum atomic E-state index is -1.04. The smallest absolute Gasteiger partial charge is 0.356 e. The zero-order chi connectivity index (χ0) is 14.0. The molecule has 2 rings (SSSR count). The number of rotatable bonds is 5. The van der Waals surface area contributed by atoms with Crippen LogP contribution >= 0.6 is 0 Å². The van der Waals surface area contributed by atoms with Crippen LogP contribution in [0, 0.1) is 5.92 Å². The van der Waals surface area contributed by atoms with Gasteiger partial charge in [0.15, 0.2) is 5.69 Å². The first-order valence-electron chi connectivity index (χ1n) is 6.60. The van der Waals surface area contributed by atoms with Gasteiger partial charge in [0.2, 0.25) is 5.91 Å². The maximum absolute atomic E-state index is 12.0. The van der Waals surface area contributed by atoms with Gasteiger partial charge in [-0.1, -0.05) is 20.3 Å². The Kier molecular flexibility index (Phi) is 3.87. The second kappa shape index (κ2) is 5.42. The lowest BCUT2D eigenvalue weighted by atomic mass is 9.93. The fourth-order valence-electron chi connectivity index (χ4n) is 2.38. The molecule has 0 aliphatic carbocycles. The Morgan fingerprint density at radius 1 is 1.58 bits per heavy atom. The van der Waals surface area contributed by atoms with Crippen molar-refractivity contribution in [3.63, 3.8) is 0 Å². The molecular weight excluding hydrogens is 246 g/mol. The average molecular weight is 265 g/mol. The molecule has 0 aromatic carbocycles. The Balaban J connectivity index is 1.88. The van der Waals surface area contributed by atoms with E-state index < -0.39 is 5.97 Å². The van der Waals surface area contributed by atoms with Gasteiger partial charge in [0, 0.05) is 30.6 Å². The van der Waals surface area contributed by atoms with E-state index in [4.69, 9.17) is 5.11 Å². The summed E-state index contributed by atoms with van der Waals surface area (Å²) in [6.07, 6.45) is 1.92. The molecule has 0 spiro atoms. The monoisotopic (exact) mass is 265 g/mol. The third kappa shape index (κ3) is 2.77. The van der Waals surface area contributed by atoms with Crippen LogP contribution in [0.25, 0.3) is 0 Å². The number of H-pyrrole nitrogens is 1. The lowest BCUT2D eigenvalue weighted by Gasteiger charge is -2.40. The minimum absolute atomic E-state index is 0.0270. The summed E-state index contributed by atoms with van der Waals surface area (Å²) >= 11 is 0. The van der Waals surface area contributed by atoms with Gasteiger partial charge in [-0.15, -0.1) is 0 Å². The topological polar surface area (TPSA) is 86.3 Å². The number of carboxylic acids is 1. The van der Waals surface area contributed by atoms with Gasteiger partial charge in [-0.05, 0) is 12.5 Å². The quantitative estimate of drug-likeness (QED) is 0.844. The van der Waals surface area contributed by atoms with Gasteiger partial charge in [-0.2, -0.15) is 5.10 Å². The highest BCUT2D eigenvalue weighted by Gasteiger charge is 2.34. The molecule has 1 saturated heterocycles. The van der Waals surface area contributed by atoms with Crippen LogP contribution in [0.15, 0.2) is 6.07 Å². The number of aromatic nitrogens is 2. The third-order valence-electron chi connectivity index (χ3n) is 3.59. The fraction of sp³-hybridized carbons (Fsp3) is 0.615. The molecule has 1 aliphatic heterocycles. The van der Waals surface area contributed by atoms with Crippen LogP contribution in [0.2, 0.25) is 0 Å². The van der Waals surface area contributed by atoms with Crippen molar-refractivity contribution in [2.45, 2.75) is 32.6 Å². The van der Waals surface area contributed by atoms with Crippen molar-refractivity contribution in [2.75, 3.05) is 13.1 Å². The number of carboxylic acid groups (broad SMARTS) is 1. The van der Waals surface area contributed by atoms with E-state index in [1.807, 2.05) is 11.8 Å². The van der Waals surface area contributed by atoms with E-state index in [9.17, 15) is 9.59 Å². The number of hydrogen-bond donors (Lipinski definition) is 2. The molecule has 1 aromatic heterocycles. The zero-order valence-corrected chi connectivity index (χ0v) is 11.2. The highest BCUT2D eigenvalue weighted by molar-refractivity contribution is 5.85. The van der Waals surface area contributed by atoms with Gasteiger partial charge < -0.3 is 10.0 Å². The molecule has 1 amide bonds. The molecule has 19 heavy (non-hydrogen) atoms. The minimum Gasteiger partial charge on any atom is -0.476 e. The summed E-state index contributed by atoms with van der Waals surface area (Å²) < 4.78 is 0. The summed E-state index contributed by atoms with van der Waals surface area (Å²) in [6.45, 7) is 5.32. The number of carbonyl (C=O) groups is 2. The lowest BCUT2D eigenvalue weighted by Crippen LogP contribution is -2.50. The first kappa shape index (κ1) is 13.6. The van der Waals surface area contributed by atoms with Crippen LogP contribution in [-0.4, -0.2) is 45.2 Å². The van der Waals surface area contributed by atoms with E-state index in [0.717, 1.165) is 18.5 Å². The highest BCUT2D eigenvalue weighted by atomic mass is 16.4. The number of aromatic carboxylic acids is 1. The summed E-state index contributed by atoms with van der Waals surface area (Å²) in [7, 11) is 0. The standard InChI is InChI=1S/C13H19N3O3/c1-3-4-8(2)12(17)16-6-9(7-16)10-5-11(13(18)19)15-14-10/h5,8-9H,3-4,6-7H2,1-2H3,(H,14,15)(H,18,19). The Hall–Kier alpha value is -1.85. The van der Waals surface area contributed by atoms with Crippen LogP contribution in [0.4, 0.5) is 0 Å². The summed E-state index contributed by atoms with van der Waals surface area (Å²) in [5.74, 6) is -0.594. The second-order valence-corrected chi connectivity index (χ2v) is 5.14. The van der Waals surface area contributed by atoms with Gasteiger partial charge in [0.1, 0.15) is 0 Å². The second-order valence-electron chi connectivity index (χ2n) is 5.14. The molecule has 1 atom stereocenters. The van der Waals surface area contributed by atoms with Crippen molar-refractivity contribution in [3.05, 3.63) is 17.5 Å². The van der Waals surface area contributed by atoms with Crippen LogP contribution in [0.3, 0.4) is 0 Å². The van der Waals surface area contributed by atoms with Gasteiger partial charge in [-0.25, -0.2) is 4.79 Å². The predicted octanol–water partition coefficient (Wildman–Crippen LogP) is 1.47. The number of nitrogens with zero attached hydrogens (tertiary/aromatic N) is 2. The summed E-state index contributed by atoms with van der Waals surface area (Å²) in [6, 6.07) is 1.55. The first-order chi connectivity index (χ1) is 9.02. The lowest BCUT2D eigenvalue weighted by molar-refractivity contribution is -0.139. The van der Waals surface area contributed by atoms with Gasteiger partial charge in [0.05, 0.1) is 0 Å². The first-order valence-corrected chi connectivity index (χ1v) is 6.60. The van der Waals surface area contributed by atoms with E-state index in [1.165, 1.54) is 0 Å². The number of amides is 1. The number of nitrogens with one attached hydrogen (secondary N) is 1. The molecule has 1 aromatic rings. The van der Waals surface area contributed by atoms with Crippen molar-refractivity contribution >= 4 is 11.9 Å². The molecule has 2 N–H and O–H groups in total. The van der Waals surface area contributed by atoms with Crippen molar-refractivity contribution in [1.29, 1.82) is 0 Å². The molecule has 1 fully saturated rings. The summed E-state index contributed by atoms with van der Waals surface area (Å²) in [5, 5.41) is 15.3. The summed E-state index contributed by atoms with van der Waals surface area (Å²) in [4.78, 5) is 24.6. The summed E-state index contributed by atoms with van der Waals surface area (Å²) in [5.41, 5.74) is 0.823.